The van der Waals surface area contributed by atoms with Gasteiger partial charge in [0.15, 0.2) is 6.10 Å². The monoisotopic (exact) mass is 461 g/mol. The van der Waals surface area contributed by atoms with Crippen molar-refractivity contribution in [2.45, 2.75) is 31.3 Å². The van der Waals surface area contributed by atoms with E-state index in [1.165, 1.54) is 19.1 Å². The minimum atomic E-state index is -4.77. The van der Waals surface area contributed by atoms with E-state index in [-0.39, 0.29) is 16.4 Å². The summed E-state index contributed by atoms with van der Waals surface area (Å²) in [6, 6.07) is 2.82. The molecule has 1 fully saturated rings. The molecule has 3 atom stereocenters. The second kappa shape index (κ2) is 8.06. The number of hydrogen-bond donors (Lipinski definition) is 2. The number of likely N-dealkylation sites (N-methyl/N-ethyl adjacent to an activating group) is 1. The fraction of sp³-hybridized carbons (Fsp3) is 0.316. The van der Waals surface area contributed by atoms with E-state index >= 15 is 0 Å². The summed E-state index contributed by atoms with van der Waals surface area (Å²) in [4.78, 5) is 30.7. The van der Waals surface area contributed by atoms with Crippen LogP contribution in [-0.4, -0.2) is 52.3 Å². The van der Waals surface area contributed by atoms with Crippen LogP contribution in [0, 0.1) is 12.7 Å². The second-order valence-corrected chi connectivity index (χ2v) is 7.37. The van der Waals surface area contributed by atoms with Gasteiger partial charge in [0.1, 0.15) is 23.8 Å². The van der Waals surface area contributed by atoms with Crippen molar-refractivity contribution >= 4 is 34.9 Å². The summed E-state index contributed by atoms with van der Waals surface area (Å²) in [5, 5.41) is 20.4. The zero-order valence-corrected chi connectivity index (χ0v) is 16.8. The van der Waals surface area contributed by atoms with Crippen LogP contribution in [0.1, 0.15) is 11.3 Å². The second-order valence-electron chi connectivity index (χ2n) is 6.93. The Morgan fingerprint density at radius 2 is 1.87 bits per heavy atom. The predicted molar refractivity (Wildman–Crippen MR) is 102 cm³/mol. The lowest BCUT2D eigenvalue weighted by atomic mass is 10.1. The van der Waals surface area contributed by atoms with E-state index in [2.05, 4.69) is 4.98 Å². The van der Waals surface area contributed by atoms with Gasteiger partial charge in [-0.05, 0) is 37.3 Å². The molecule has 0 bridgehead atoms. The Hall–Kier alpha value is -2.76. The highest BCUT2D eigenvalue weighted by Crippen LogP contribution is 2.35. The van der Waals surface area contributed by atoms with Gasteiger partial charge < -0.3 is 15.1 Å². The Balaban J connectivity index is 2.07. The Bertz CT molecular complexity index is 1050. The Kier molecular flexibility index (Phi) is 5.96. The van der Waals surface area contributed by atoms with Crippen LogP contribution in [0.15, 0.2) is 30.3 Å². The van der Waals surface area contributed by atoms with Crippen molar-refractivity contribution in [2.24, 2.45) is 0 Å². The van der Waals surface area contributed by atoms with E-state index in [1.54, 1.807) is 0 Å². The average Bonchev–Trinajstić information content (AvgIpc) is 2.89. The SMILES string of the molecule is Cc1cc(C(F)(F)F)cc(N2C(=O)[C@@H](O)[C@@H](O)[C@H]2C(=O)N(C)c2ccc(Cl)cc2F)n1. The molecule has 12 heteroatoms. The van der Waals surface area contributed by atoms with Crippen LogP contribution in [-0.2, 0) is 15.8 Å². The van der Waals surface area contributed by atoms with Gasteiger partial charge in [0, 0.05) is 17.8 Å². The highest BCUT2D eigenvalue weighted by Gasteiger charge is 2.52. The first kappa shape index (κ1) is 22.9. The number of anilines is 2. The molecule has 2 amide bonds. The number of carbonyl (C=O) groups is 2. The average molecular weight is 462 g/mol. The van der Waals surface area contributed by atoms with Crippen LogP contribution < -0.4 is 9.80 Å². The predicted octanol–water partition coefficient (Wildman–Crippen LogP) is 2.30. The molecule has 166 valence electrons. The maximum Gasteiger partial charge on any atom is 0.416 e. The van der Waals surface area contributed by atoms with Crippen LogP contribution in [0.25, 0.3) is 0 Å². The normalized spacial score (nSPS) is 21.5. The summed E-state index contributed by atoms with van der Waals surface area (Å²) < 4.78 is 53.9. The van der Waals surface area contributed by atoms with Gasteiger partial charge in [0.2, 0.25) is 0 Å². The number of rotatable bonds is 3. The quantitative estimate of drug-likeness (QED) is 0.684. The Morgan fingerprint density at radius 1 is 1.23 bits per heavy atom. The molecule has 0 unspecified atom stereocenters. The smallest absolute Gasteiger partial charge is 0.387 e. The van der Waals surface area contributed by atoms with Crippen molar-refractivity contribution in [3.8, 4) is 0 Å². The number of nitrogens with zero attached hydrogens (tertiary/aromatic N) is 3. The van der Waals surface area contributed by atoms with Gasteiger partial charge in [-0.1, -0.05) is 11.6 Å². The van der Waals surface area contributed by atoms with Gasteiger partial charge in [0.25, 0.3) is 11.8 Å². The van der Waals surface area contributed by atoms with Crippen LogP contribution in [0.3, 0.4) is 0 Å². The summed E-state index contributed by atoms with van der Waals surface area (Å²) in [5.74, 6) is -3.75. The zero-order chi connectivity index (χ0) is 23.2. The number of halogens is 5. The third-order valence-corrected chi connectivity index (χ3v) is 5.02. The Labute approximate surface area is 178 Å². The number of amides is 2. The van der Waals surface area contributed by atoms with Crippen LogP contribution in [0.2, 0.25) is 5.02 Å². The minimum Gasteiger partial charge on any atom is -0.387 e. The highest BCUT2D eigenvalue weighted by atomic mass is 35.5. The molecule has 1 aliphatic heterocycles. The molecule has 1 aromatic heterocycles. The standard InChI is InChI=1S/C19H16ClF4N3O4/c1-8-5-9(19(22,23)24)6-13(25-8)27-14(15(28)16(29)18(27)31)17(30)26(2)12-4-3-10(20)7-11(12)21/h3-7,14-16,28-29H,1-2H3/t14-,15-,16-/m0/s1. The minimum absolute atomic E-state index is 0.0545. The summed E-state index contributed by atoms with van der Waals surface area (Å²) in [6.45, 7) is 1.25. The molecule has 0 spiro atoms. The number of aliphatic hydroxyl groups excluding tert-OH is 2. The van der Waals surface area contributed by atoms with Crippen molar-refractivity contribution in [3.05, 3.63) is 52.4 Å². The molecule has 2 heterocycles. The third-order valence-electron chi connectivity index (χ3n) is 4.78. The summed E-state index contributed by atoms with van der Waals surface area (Å²) in [7, 11) is 1.14. The maximum atomic E-state index is 14.2. The van der Waals surface area contributed by atoms with Crippen LogP contribution >= 0.6 is 11.6 Å². The molecule has 0 radical (unpaired) electrons. The highest BCUT2D eigenvalue weighted by molar-refractivity contribution is 6.30. The lowest BCUT2D eigenvalue weighted by Gasteiger charge is -2.29. The van der Waals surface area contributed by atoms with Crippen molar-refractivity contribution < 1.29 is 37.4 Å². The molecule has 0 saturated carbocycles. The van der Waals surface area contributed by atoms with E-state index in [1.807, 2.05) is 0 Å². The van der Waals surface area contributed by atoms with Crippen molar-refractivity contribution in [1.29, 1.82) is 0 Å². The molecule has 1 aromatic carbocycles. The number of alkyl halides is 3. The number of carbonyl (C=O) groups excluding carboxylic acids is 2. The first-order valence-corrected chi connectivity index (χ1v) is 9.18. The van der Waals surface area contributed by atoms with Gasteiger partial charge in [-0.25, -0.2) is 9.37 Å². The van der Waals surface area contributed by atoms with E-state index in [0.29, 0.717) is 11.0 Å². The zero-order valence-electron chi connectivity index (χ0n) is 16.1. The summed E-state index contributed by atoms with van der Waals surface area (Å²) in [6.07, 6.45) is -8.85. The molecule has 1 aliphatic rings. The number of aromatic nitrogens is 1. The largest absolute Gasteiger partial charge is 0.416 e. The van der Waals surface area contributed by atoms with E-state index < -0.39 is 53.4 Å². The lowest BCUT2D eigenvalue weighted by molar-refractivity contribution is -0.137. The number of hydrogen-bond acceptors (Lipinski definition) is 5. The third kappa shape index (κ3) is 4.21. The first-order chi connectivity index (χ1) is 14.3. The van der Waals surface area contributed by atoms with E-state index in [4.69, 9.17) is 11.6 Å². The number of aliphatic hydroxyl groups is 2. The van der Waals surface area contributed by atoms with Crippen molar-refractivity contribution in [2.75, 3.05) is 16.8 Å². The number of benzene rings is 1. The van der Waals surface area contributed by atoms with Gasteiger partial charge in [-0.3, -0.25) is 14.5 Å². The molecule has 0 aliphatic carbocycles. The van der Waals surface area contributed by atoms with Crippen molar-refractivity contribution in [3.63, 3.8) is 0 Å². The fourth-order valence-electron chi connectivity index (χ4n) is 3.27. The molecule has 1 saturated heterocycles. The van der Waals surface area contributed by atoms with Crippen molar-refractivity contribution in [1.82, 2.24) is 4.98 Å². The molecular formula is C19H16ClF4N3O4. The van der Waals surface area contributed by atoms with Crippen LogP contribution in [0.5, 0.6) is 0 Å². The first-order valence-electron chi connectivity index (χ1n) is 8.80. The van der Waals surface area contributed by atoms with Gasteiger partial charge in [0.05, 0.1) is 11.3 Å². The molecule has 3 rings (SSSR count). The lowest BCUT2D eigenvalue weighted by Crippen LogP contribution is -2.50. The molecule has 7 nitrogen and oxygen atoms in total. The van der Waals surface area contributed by atoms with E-state index in [0.717, 1.165) is 24.1 Å². The topological polar surface area (TPSA) is 94.0 Å². The summed E-state index contributed by atoms with van der Waals surface area (Å²) in [5.41, 5.74) is -1.51. The van der Waals surface area contributed by atoms with Gasteiger partial charge in [-0.2, -0.15) is 13.2 Å². The number of pyridine rings is 1. The molecule has 2 N–H and O–H groups in total. The Morgan fingerprint density at radius 3 is 2.45 bits per heavy atom. The molecular weight excluding hydrogens is 446 g/mol. The van der Waals surface area contributed by atoms with Crippen LogP contribution in [0.4, 0.5) is 29.1 Å². The number of aryl methyl sites for hydroxylation is 1. The maximum absolute atomic E-state index is 14.2. The van der Waals surface area contributed by atoms with Gasteiger partial charge in [-0.15, -0.1) is 0 Å². The molecule has 2 aromatic rings. The molecule has 31 heavy (non-hydrogen) atoms. The van der Waals surface area contributed by atoms with E-state index in [9.17, 15) is 37.4 Å². The van der Waals surface area contributed by atoms with Gasteiger partial charge >= 0.3 is 6.18 Å². The fourth-order valence-corrected chi connectivity index (χ4v) is 3.43. The summed E-state index contributed by atoms with van der Waals surface area (Å²) >= 11 is 5.69.